The van der Waals surface area contributed by atoms with Crippen molar-refractivity contribution in [3.8, 4) is 0 Å². The first kappa shape index (κ1) is 8.93. The predicted octanol–water partition coefficient (Wildman–Crippen LogP) is 3.03. The highest BCUT2D eigenvalue weighted by Gasteiger charge is 2.08. The average Bonchev–Trinajstić information content (AvgIpc) is 1.87. The van der Waals surface area contributed by atoms with E-state index in [4.69, 9.17) is 0 Å². The van der Waals surface area contributed by atoms with Crippen molar-refractivity contribution in [1.29, 1.82) is 0 Å². The van der Waals surface area contributed by atoms with Crippen LogP contribution >= 0.6 is 0 Å². The Hall–Kier alpha value is -0.0700. The molecule has 1 heteroatoms. The Morgan fingerprint density at radius 2 is 1.78 bits per heavy atom. The molecule has 0 nitrogen and oxygen atoms in total. The Morgan fingerprint density at radius 1 is 1.22 bits per heavy atom. The summed E-state index contributed by atoms with van der Waals surface area (Å²) in [6.45, 7) is 6.29. The van der Waals surface area contributed by atoms with Gasteiger partial charge in [-0.2, -0.15) is 0 Å². The molecule has 0 rings (SSSR count). The smallest absolute Gasteiger partial charge is 0.0897 e. The van der Waals surface area contributed by atoms with E-state index in [-0.39, 0.29) is 6.67 Å². The van der Waals surface area contributed by atoms with E-state index >= 15 is 0 Å². The van der Waals surface area contributed by atoms with Gasteiger partial charge in [0.25, 0.3) is 0 Å². The SMILES string of the molecule is CCC(C)C(C)CCF. The van der Waals surface area contributed by atoms with E-state index in [1.165, 1.54) is 6.42 Å². The van der Waals surface area contributed by atoms with Gasteiger partial charge in [-0.15, -0.1) is 0 Å². The van der Waals surface area contributed by atoms with Crippen molar-refractivity contribution in [2.24, 2.45) is 11.8 Å². The van der Waals surface area contributed by atoms with Crippen LogP contribution in [0.1, 0.15) is 33.6 Å². The third kappa shape index (κ3) is 3.50. The summed E-state index contributed by atoms with van der Waals surface area (Å²) >= 11 is 0. The van der Waals surface area contributed by atoms with Crippen molar-refractivity contribution < 1.29 is 4.39 Å². The van der Waals surface area contributed by atoms with E-state index in [9.17, 15) is 4.39 Å². The predicted molar refractivity (Wildman–Crippen MR) is 39.2 cm³/mol. The lowest BCUT2D eigenvalue weighted by Crippen LogP contribution is -2.06. The summed E-state index contributed by atoms with van der Waals surface area (Å²) in [6.07, 6.45) is 1.90. The summed E-state index contributed by atoms with van der Waals surface area (Å²) in [5.74, 6) is 1.24. The summed E-state index contributed by atoms with van der Waals surface area (Å²) in [5, 5.41) is 0. The van der Waals surface area contributed by atoms with E-state index in [1.54, 1.807) is 0 Å². The molecule has 0 aliphatic rings. The molecule has 0 aromatic rings. The van der Waals surface area contributed by atoms with E-state index in [0.717, 1.165) is 6.42 Å². The van der Waals surface area contributed by atoms with E-state index in [1.807, 2.05) is 0 Å². The molecule has 0 aromatic heterocycles. The first-order chi connectivity index (χ1) is 4.22. The zero-order valence-corrected chi connectivity index (χ0v) is 6.65. The van der Waals surface area contributed by atoms with Crippen molar-refractivity contribution in [3.63, 3.8) is 0 Å². The van der Waals surface area contributed by atoms with Gasteiger partial charge >= 0.3 is 0 Å². The Labute approximate surface area is 57.5 Å². The minimum absolute atomic E-state index is 0.161. The van der Waals surface area contributed by atoms with Crippen LogP contribution in [-0.4, -0.2) is 6.67 Å². The zero-order chi connectivity index (χ0) is 7.28. The second kappa shape index (κ2) is 4.78. The average molecular weight is 132 g/mol. The van der Waals surface area contributed by atoms with Gasteiger partial charge in [0.1, 0.15) is 0 Å². The topological polar surface area (TPSA) is 0 Å². The van der Waals surface area contributed by atoms with Gasteiger partial charge in [-0.3, -0.25) is 4.39 Å². The second-order valence-electron chi connectivity index (χ2n) is 2.84. The molecule has 2 unspecified atom stereocenters. The second-order valence-corrected chi connectivity index (χ2v) is 2.84. The van der Waals surface area contributed by atoms with Crippen molar-refractivity contribution in [2.45, 2.75) is 33.6 Å². The lowest BCUT2D eigenvalue weighted by molar-refractivity contribution is 0.314. The van der Waals surface area contributed by atoms with Gasteiger partial charge in [0.15, 0.2) is 0 Å². The number of hydrogen-bond acceptors (Lipinski definition) is 0. The highest BCUT2D eigenvalue weighted by Crippen LogP contribution is 2.17. The third-order valence-electron chi connectivity index (χ3n) is 2.18. The van der Waals surface area contributed by atoms with Gasteiger partial charge in [-0.1, -0.05) is 27.2 Å². The van der Waals surface area contributed by atoms with Crippen LogP contribution in [0.15, 0.2) is 0 Å². The van der Waals surface area contributed by atoms with Crippen LogP contribution in [0.2, 0.25) is 0 Å². The van der Waals surface area contributed by atoms with Gasteiger partial charge in [-0.05, 0) is 18.3 Å². The fourth-order valence-electron chi connectivity index (χ4n) is 0.859. The summed E-state index contributed by atoms with van der Waals surface area (Å²) < 4.78 is 11.7. The molecule has 0 N–H and O–H groups in total. The molecule has 0 aromatic carbocycles. The quantitative estimate of drug-likeness (QED) is 0.551. The Bertz CT molecular complexity index is 61.6. The van der Waals surface area contributed by atoms with E-state index in [2.05, 4.69) is 20.8 Å². The molecule has 0 saturated heterocycles. The van der Waals surface area contributed by atoms with Crippen LogP contribution in [0.25, 0.3) is 0 Å². The molecule has 0 fully saturated rings. The van der Waals surface area contributed by atoms with Gasteiger partial charge < -0.3 is 0 Å². The highest BCUT2D eigenvalue weighted by molar-refractivity contribution is 4.58. The lowest BCUT2D eigenvalue weighted by atomic mass is 9.91. The normalized spacial score (nSPS) is 17.3. The van der Waals surface area contributed by atoms with Gasteiger partial charge in [0.2, 0.25) is 0 Å². The fourth-order valence-corrected chi connectivity index (χ4v) is 0.859. The number of hydrogen-bond donors (Lipinski definition) is 0. The zero-order valence-electron chi connectivity index (χ0n) is 6.65. The molecule has 0 amide bonds. The van der Waals surface area contributed by atoms with Crippen LogP contribution < -0.4 is 0 Å². The van der Waals surface area contributed by atoms with Crippen molar-refractivity contribution >= 4 is 0 Å². The third-order valence-corrected chi connectivity index (χ3v) is 2.18. The number of halogens is 1. The minimum atomic E-state index is -0.161. The van der Waals surface area contributed by atoms with Crippen molar-refractivity contribution in [2.75, 3.05) is 6.67 Å². The van der Waals surface area contributed by atoms with Crippen LogP contribution in [0.5, 0.6) is 0 Å². The Balaban J connectivity index is 3.32. The molecular formula is C8H17F. The molecule has 0 heterocycles. The molecule has 2 atom stereocenters. The number of rotatable bonds is 4. The standard InChI is InChI=1S/C8H17F/c1-4-7(2)8(3)5-6-9/h7-8H,4-6H2,1-3H3. The van der Waals surface area contributed by atoms with Gasteiger partial charge in [0.05, 0.1) is 6.67 Å². The molecule has 0 aliphatic carbocycles. The lowest BCUT2D eigenvalue weighted by Gasteiger charge is -2.15. The summed E-state index contributed by atoms with van der Waals surface area (Å²) in [7, 11) is 0. The number of alkyl halides is 1. The van der Waals surface area contributed by atoms with Crippen LogP contribution in [0, 0.1) is 11.8 Å². The Morgan fingerprint density at radius 3 is 2.11 bits per heavy atom. The van der Waals surface area contributed by atoms with Crippen LogP contribution in [-0.2, 0) is 0 Å². The maximum Gasteiger partial charge on any atom is 0.0897 e. The van der Waals surface area contributed by atoms with E-state index < -0.39 is 0 Å². The van der Waals surface area contributed by atoms with Gasteiger partial charge in [-0.25, -0.2) is 0 Å². The molecule has 0 aliphatic heterocycles. The molecule has 0 spiro atoms. The largest absolute Gasteiger partial charge is 0.251 e. The monoisotopic (exact) mass is 132 g/mol. The Kier molecular flexibility index (Phi) is 4.74. The van der Waals surface area contributed by atoms with E-state index in [0.29, 0.717) is 11.8 Å². The first-order valence-corrected chi connectivity index (χ1v) is 3.78. The summed E-state index contributed by atoms with van der Waals surface area (Å²) in [5.41, 5.74) is 0. The molecular weight excluding hydrogens is 115 g/mol. The summed E-state index contributed by atoms with van der Waals surface area (Å²) in [6, 6.07) is 0. The van der Waals surface area contributed by atoms with Crippen molar-refractivity contribution in [1.82, 2.24) is 0 Å². The maximum absolute atomic E-state index is 11.7. The molecule has 56 valence electrons. The molecule has 9 heavy (non-hydrogen) atoms. The highest BCUT2D eigenvalue weighted by atomic mass is 19.1. The van der Waals surface area contributed by atoms with Crippen LogP contribution in [0.4, 0.5) is 4.39 Å². The first-order valence-electron chi connectivity index (χ1n) is 3.78. The van der Waals surface area contributed by atoms with Crippen LogP contribution in [0.3, 0.4) is 0 Å². The molecule has 0 radical (unpaired) electrons. The minimum Gasteiger partial charge on any atom is -0.251 e. The summed E-state index contributed by atoms with van der Waals surface area (Å²) in [4.78, 5) is 0. The van der Waals surface area contributed by atoms with Gasteiger partial charge in [0, 0.05) is 0 Å². The fraction of sp³-hybridized carbons (Fsp3) is 1.00. The van der Waals surface area contributed by atoms with Crippen molar-refractivity contribution in [3.05, 3.63) is 0 Å². The maximum atomic E-state index is 11.7. The molecule has 0 bridgehead atoms. The molecule has 0 saturated carbocycles.